The van der Waals surface area contributed by atoms with Crippen LogP contribution in [-0.2, 0) is 14.3 Å². The van der Waals surface area contributed by atoms with E-state index in [-0.39, 0.29) is 12.5 Å². The quantitative estimate of drug-likeness (QED) is 0.499. The van der Waals surface area contributed by atoms with Crippen LogP contribution in [0.25, 0.3) is 5.57 Å². The van der Waals surface area contributed by atoms with Gasteiger partial charge in [0, 0.05) is 24.6 Å². The first-order chi connectivity index (χ1) is 9.50. The molecule has 1 amide bonds. The third-order valence-electron chi connectivity index (χ3n) is 2.57. The minimum absolute atomic E-state index is 0.0919. The molecule has 1 aromatic rings. The standard InChI is InChI=1S/C15H18ClNO3/c1-11(13-6-3-4-7-14(13)16)10-15(19)20-9-5-8-17-12(2)18/h3-4,6-7,10H,5,8-9H2,1-2H3,(H,17,18)/b11-10-. The van der Waals surface area contributed by atoms with Crippen molar-refractivity contribution < 1.29 is 14.3 Å². The Morgan fingerprint density at radius 1 is 1.30 bits per heavy atom. The molecule has 0 spiro atoms. The van der Waals surface area contributed by atoms with Crippen LogP contribution in [0.3, 0.4) is 0 Å². The van der Waals surface area contributed by atoms with E-state index >= 15 is 0 Å². The molecule has 0 fully saturated rings. The Morgan fingerprint density at radius 2 is 2.00 bits per heavy atom. The third kappa shape index (κ3) is 5.89. The number of halogens is 1. The van der Waals surface area contributed by atoms with Gasteiger partial charge >= 0.3 is 5.97 Å². The molecule has 108 valence electrons. The summed E-state index contributed by atoms with van der Waals surface area (Å²) in [5.41, 5.74) is 1.56. The Labute approximate surface area is 123 Å². The summed E-state index contributed by atoms with van der Waals surface area (Å²) in [6, 6.07) is 7.31. The topological polar surface area (TPSA) is 55.4 Å². The molecule has 0 radical (unpaired) electrons. The number of esters is 1. The largest absolute Gasteiger partial charge is 0.462 e. The molecule has 1 rings (SSSR count). The average molecular weight is 296 g/mol. The summed E-state index contributed by atoms with van der Waals surface area (Å²) < 4.78 is 5.05. The van der Waals surface area contributed by atoms with E-state index in [0.29, 0.717) is 18.0 Å². The highest BCUT2D eigenvalue weighted by molar-refractivity contribution is 6.32. The number of nitrogens with one attached hydrogen (secondary N) is 1. The van der Waals surface area contributed by atoms with Crippen molar-refractivity contribution in [1.29, 1.82) is 0 Å². The fraction of sp³-hybridized carbons (Fsp3) is 0.333. The summed E-state index contributed by atoms with van der Waals surface area (Å²) in [6.45, 7) is 4.02. The van der Waals surface area contributed by atoms with Crippen LogP contribution in [0.1, 0.15) is 25.8 Å². The number of ether oxygens (including phenoxy) is 1. The zero-order chi connectivity index (χ0) is 15.0. The second-order valence-corrected chi connectivity index (χ2v) is 4.72. The minimum atomic E-state index is -0.412. The molecule has 0 aliphatic carbocycles. The molecule has 0 saturated carbocycles. The number of carbonyl (C=O) groups excluding carboxylic acids is 2. The van der Waals surface area contributed by atoms with E-state index in [9.17, 15) is 9.59 Å². The van der Waals surface area contributed by atoms with Gasteiger partial charge in [-0.3, -0.25) is 4.79 Å². The molecule has 0 aliphatic rings. The number of carbonyl (C=O) groups is 2. The van der Waals surface area contributed by atoms with Gasteiger partial charge in [-0.25, -0.2) is 4.79 Å². The fourth-order valence-electron chi connectivity index (χ4n) is 1.59. The second-order valence-electron chi connectivity index (χ2n) is 4.31. The third-order valence-corrected chi connectivity index (χ3v) is 2.90. The number of allylic oxidation sites excluding steroid dienone is 1. The molecule has 0 unspecified atom stereocenters. The van der Waals surface area contributed by atoms with Gasteiger partial charge in [0.1, 0.15) is 0 Å². The predicted molar refractivity (Wildman–Crippen MR) is 79.4 cm³/mol. The summed E-state index contributed by atoms with van der Waals surface area (Å²) in [7, 11) is 0. The molecule has 0 heterocycles. The molecule has 0 aromatic heterocycles. The molecule has 0 bridgehead atoms. The van der Waals surface area contributed by atoms with Gasteiger partial charge in [-0.05, 0) is 30.5 Å². The molecule has 0 saturated heterocycles. The lowest BCUT2D eigenvalue weighted by molar-refractivity contribution is -0.137. The van der Waals surface area contributed by atoms with Crippen LogP contribution in [0.5, 0.6) is 0 Å². The number of hydrogen-bond acceptors (Lipinski definition) is 3. The van der Waals surface area contributed by atoms with E-state index < -0.39 is 5.97 Å². The van der Waals surface area contributed by atoms with Crippen molar-refractivity contribution in [1.82, 2.24) is 5.32 Å². The summed E-state index contributed by atoms with van der Waals surface area (Å²) >= 11 is 6.04. The highest BCUT2D eigenvalue weighted by Crippen LogP contribution is 2.22. The van der Waals surface area contributed by atoms with Crippen LogP contribution in [-0.4, -0.2) is 25.0 Å². The number of amides is 1. The SMILES string of the molecule is CC(=O)NCCCOC(=O)/C=C(/C)c1ccccc1Cl. The first-order valence-corrected chi connectivity index (χ1v) is 6.73. The monoisotopic (exact) mass is 295 g/mol. The fourth-order valence-corrected chi connectivity index (χ4v) is 1.87. The second kappa shape index (κ2) is 8.38. The smallest absolute Gasteiger partial charge is 0.331 e. The molecule has 4 nitrogen and oxygen atoms in total. The minimum Gasteiger partial charge on any atom is -0.462 e. The van der Waals surface area contributed by atoms with Gasteiger partial charge < -0.3 is 10.1 Å². The normalized spacial score (nSPS) is 11.1. The van der Waals surface area contributed by atoms with Crippen LogP contribution in [0.15, 0.2) is 30.3 Å². The Hall–Kier alpha value is -1.81. The molecule has 1 N–H and O–H groups in total. The van der Waals surface area contributed by atoms with Crippen LogP contribution in [0, 0.1) is 0 Å². The molecule has 5 heteroatoms. The molecule has 1 aromatic carbocycles. The highest BCUT2D eigenvalue weighted by Gasteiger charge is 2.04. The first-order valence-electron chi connectivity index (χ1n) is 6.35. The van der Waals surface area contributed by atoms with Crippen molar-refractivity contribution in [2.45, 2.75) is 20.3 Å². The van der Waals surface area contributed by atoms with Gasteiger partial charge in [0.05, 0.1) is 6.61 Å². The lowest BCUT2D eigenvalue weighted by Crippen LogP contribution is -2.22. The van der Waals surface area contributed by atoms with E-state index in [1.54, 1.807) is 13.0 Å². The summed E-state index contributed by atoms with van der Waals surface area (Å²) in [5.74, 6) is -0.504. The summed E-state index contributed by atoms with van der Waals surface area (Å²) in [5, 5.41) is 3.23. The van der Waals surface area contributed by atoms with Crippen molar-refractivity contribution in [3.8, 4) is 0 Å². The van der Waals surface area contributed by atoms with Gasteiger partial charge in [-0.1, -0.05) is 29.8 Å². The average Bonchev–Trinajstić information content (AvgIpc) is 2.38. The van der Waals surface area contributed by atoms with Gasteiger partial charge in [0.25, 0.3) is 0 Å². The summed E-state index contributed by atoms with van der Waals surface area (Å²) in [4.78, 5) is 22.2. The maximum atomic E-state index is 11.6. The number of benzene rings is 1. The maximum absolute atomic E-state index is 11.6. The Balaban J connectivity index is 2.43. The van der Waals surface area contributed by atoms with E-state index in [1.165, 1.54) is 13.0 Å². The Kier molecular flexibility index (Phi) is 6.81. The first kappa shape index (κ1) is 16.2. The van der Waals surface area contributed by atoms with Crippen LogP contribution in [0.2, 0.25) is 5.02 Å². The molecule has 0 atom stereocenters. The highest BCUT2D eigenvalue weighted by atomic mass is 35.5. The van der Waals surface area contributed by atoms with E-state index in [4.69, 9.17) is 16.3 Å². The van der Waals surface area contributed by atoms with Crippen molar-refractivity contribution >= 4 is 29.1 Å². The molecule has 0 aliphatic heterocycles. The van der Waals surface area contributed by atoms with Crippen LogP contribution in [0.4, 0.5) is 0 Å². The van der Waals surface area contributed by atoms with E-state index in [1.807, 2.05) is 18.2 Å². The van der Waals surface area contributed by atoms with E-state index in [2.05, 4.69) is 5.32 Å². The van der Waals surface area contributed by atoms with Crippen molar-refractivity contribution in [3.63, 3.8) is 0 Å². The van der Waals surface area contributed by atoms with Crippen LogP contribution < -0.4 is 5.32 Å². The molecular formula is C15H18ClNO3. The van der Waals surface area contributed by atoms with Crippen molar-refractivity contribution in [2.75, 3.05) is 13.2 Å². The molecular weight excluding hydrogens is 278 g/mol. The van der Waals surface area contributed by atoms with Crippen LogP contribution >= 0.6 is 11.6 Å². The Morgan fingerprint density at radius 3 is 2.65 bits per heavy atom. The van der Waals surface area contributed by atoms with Crippen molar-refractivity contribution in [3.05, 3.63) is 40.9 Å². The van der Waals surface area contributed by atoms with E-state index in [0.717, 1.165) is 11.1 Å². The predicted octanol–water partition coefficient (Wildman–Crippen LogP) is 2.81. The Bertz CT molecular complexity index is 512. The lowest BCUT2D eigenvalue weighted by atomic mass is 10.1. The number of hydrogen-bond donors (Lipinski definition) is 1. The van der Waals surface area contributed by atoms with Gasteiger partial charge in [-0.2, -0.15) is 0 Å². The van der Waals surface area contributed by atoms with Gasteiger partial charge in [0.15, 0.2) is 0 Å². The maximum Gasteiger partial charge on any atom is 0.331 e. The lowest BCUT2D eigenvalue weighted by Gasteiger charge is -2.05. The zero-order valence-electron chi connectivity index (χ0n) is 11.6. The van der Waals surface area contributed by atoms with Gasteiger partial charge in [-0.15, -0.1) is 0 Å². The summed E-state index contributed by atoms with van der Waals surface area (Å²) in [6.07, 6.45) is 2.00. The van der Waals surface area contributed by atoms with Gasteiger partial charge in [0.2, 0.25) is 5.91 Å². The molecule has 20 heavy (non-hydrogen) atoms. The number of rotatable bonds is 6. The van der Waals surface area contributed by atoms with Crippen molar-refractivity contribution in [2.24, 2.45) is 0 Å². The zero-order valence-corrected chi connectivity index (χ0v) is 12.4.